The van der Waals surface area contributed by atoms with Crippen LogP contribution in [0.3, 0.4) is 0 Å². The Morgan fingerprint density at radius 2 is 2.15 bits per heavy atom. The SMILES string of the molecule is O=C(NCc1nnc(-c2ccccc2)s1)c1cn(CCC2CCCO2)nn1. The van der Waals surface area contributed by atoms with Crippen LogP contribution in [0.2, 0.25) is 0 Å². The van der Waals surface area contributed by atoms with Gasteiger partial charge in [0.15, 0.2) is 5.69 Å². The first-order chi connectivity index (χ1) is 13.3. The van der Waals surface area contributed by atoms with Crippen molar-refractivity contribution in [3.63, 3.8) is 0 Å². The monoisotopic (exact) mass is 384 g/mol. The van der Waals surface area contributed by atoms with E-state index in [1.54, 1.807) is 10.9 Å². The van der Waals surface area contributed by atoms with E-state index >= 15 is 0 Å². The number of hydrogen-bond acceptors (Lipinski definition) is 7. The molecule has 4 rings (SSSR count). The van der Waals surface area contributed by atoms with Crippen LogP contribution in [0.5, 0.6) is 0 Å². The zero-order valence-corrected chi connectivity index (χ0v) is 15.6. The lowest BCUT2D eigenvalue weighted by Gasteiger charge is -2.07. The van der Waals surface area contributed by atoms with E-state index in [1.165, 1.54) is 11.3 Å². The van der Waals surface area contributed by atoms with Gasteiger partial charge >= 0.3 is 0 Å². The summed E-state index contributed by atoms with van der Waals surface area (Å²) in [4.78, 5) is 12.3. The molecule has 3 aromatic rings. The van der Waals surface area contributed by atoms with Gasteiger partial charge in [-0.3, -0.25) is 9.48 Å². The Kier molecular flexibility index (Phi) is 5.50. The van der Waals surface area contributed by atoms with Crippen molar-refractivity contribution < 1.29 is 9.53 Å². The molecule has 1 aliphatic heterocycles. The van der Waals surface area contributed by atoms with Crippen LogP contribution in [0.25, 0.3) is 10.6 Å². The number of carbonyl (C=O) groups excluding carboxylic acids is 1. The number of benzene rings is 1. The Morgan fingerprint density at radius 1 is 1.26 bits per heavy atom. The van der Waals surface area contributed by atoms with Gasteiger partial charge in [-0.15, -0.1) is 15.3 Å². The second-order valence-electron chi connectivity index (χ2n) is 6.34. The second kappa shape index (κ2) is 8.36. The number of nitrogens with one attached hydrogen (secondary N) is 1. The molecule has 1 amide bonds. The fourth-order valence-electron chi connectivity index (χ4n) is 2.93. The van der Waals surface area contributed by atoms with Gasteiger partial charge in [0.25, 0.3) is 5.91 Å². The molecule has 1 fully saturated rings. The molecule has 1 saturated heterocycles. The molecular formula is C18H20N6O2S. The minimum Gasteiger partial charge on any atom is -0.378 e. The lowest BCUT2D eigenvalue weighted by molar-refractivity contribution is 0.0945. The van der Waals surface area contributed by atoms with Crippen LogP contribution in [0.1, 0.15) is 34.8 Å². The number of aromatic nitrogens is 5. The predicted molar refractivity (Wildman–Crippen MR) is 100 cm³/mol. The van der Waals surface area contributed by atoms with Crippen LogP contribution in [0, 0.1) is 0 Å². The van der Waals surface area contributed by atoms with E-state index in [9.17, 15) is 4.79 Å². The van der Waals surface area contributed by atoms with Crippen molar-refractivity contribution >= 4 is 17.2 Å². The summed E-state index contributed by atoms with van der Waals surface area (Å²) in [6.45, 7) is 1.85. The van der Waals surface area contributed by atoms with E-state index in [0.717, 1.165) is 41.4 Å². The molecule has 0 bridgehead atoms. The van der Waals surface area contributed by atoms with Crippen molar-refractivity contribution in [2.24, 2.45) is 0 Å². The van der Waals surface area contributed by atoms with Gasteiger partial charge in [0.05, 0.1) is 18.8 Å². The molecule has 0 saturated carbocycles. The van der Waals surface area contributed by atoms with Crippen molar-refractivity contribution in [2.45, 2.75) is 38.5 Å². The molecule has 0 aliphatic carbocycles. The molecule has 3 heterocycles. The summed E-state index contributed by atoms with van der Waals surface area (Å²) in [6, 6.07) is 9.84. The van der Waals surface area contributed by atoms with Gasteiger partial charge in [0, 0.05) is 18.7 Å². The van der Waals surface area contributed by atoms with Crippen LogP contribution in [-0.2, 0) is 17.8 Å². The van der Waals surface area contributed by atoms with E-state index in [0.29, 0.717) is 24.9 Å². The summed E-state index contributed by atoms with van der Waals surface area (Å²) >= 11 is 1.46. The number of nitrogens with zero attached hydrogens (tertiary/aromatic N) is 5. The van der Waals surface area contributed by atoms with Gasteiger partial charge < -0.3 is 10.1 Å². The number of carbonyl (C=O) groups is 1. The number of rotatable bonds is 7. The highest BCUT2D eigenvalue weighted by Crippen LogP contribution is 2.22. The summed E-state index contributed by atoms with van der Waals surface area (Å²) in [6.07, 6.45) is 5.06. The Hall–Kier alpha value is -2.65. The van der Waals surface area contributed by atoms with Crippen LogP contribution in [0.15, 0.2) is 36.5 Å². The number of ether oxygens (including phenoxy) is 1. The maximum Gasteiger partial charge on any atom is 0.273 e. The summed E-state index contributed by atoms with van der Waals surface area (Å²) in [5.74, 6) is -0.269. The van der Waals surface area contributed by atoms with Crippen LogP contribution >= 0.6 is 11.3 Å². The molecule has 2 aromatic heterocycles. The van der Waals surface area contributed by atoms with Crippen LogP contribution in [0.4, 0.5) is 0 Å². The lowest BCUT2D eigenvalue weighted by atomic mass is 10.2. The molecule has 140 valence electrons. The average molecular weight is 384 g/mol. The molecule has 27 heavy (non-hydrogen) atoms. The van der Waals surface area contributed by atoms with E-state index in [4.69, 9.17) is 4.74 Å². The average Bonchev–Trinajstić information content (AvgIpc) is 3.47. The van der Waals surface area contributed by atoms with Crippen molar-refractivity contribution in [1.29, 1.82) is 0 Å². The van der Waals surface area contributed by atoms with Gasteiger partial charge in [-0.2, -0.15) is 0 Å². The molecule has 1 atom stereocenters. The molecule has 9 heteroatoms. The molecule has 0 radical (unpaired) electrons. The molecule has 8 nitrogen and oxygen atoms in total. The Balaban J connectivity index is 1.29. The highest BCUT2D eigenvalue weighted by Gasteiger charge is 2.17. The number of amides is 1. The van der Waals surface area contributed by atoms with E-state index < -0.39 is 0 Å². The molecule has 1 aromatic carbocycles. The van der Waals surface area contributed by atoms with Crippen molar-refractivity contribution in [2.75, 3.05) is 6.61 Å². The molecule has 1 aliphatic rings. The van der Waals surface area contributed by atoms with E-state index in [-0.39, 0.29) is 5.91 Å². The topological polar surface area (TPSA) is 94.8 Å². The third-order valence-corrected chi connectivity index (χ3v) is 5.34. The summed E-state index contributed by atoms with van der Waals surface area (Å²) < 4.78 is 7.29. The standard InChI is InChI=1S/C18H20N6O2S/c25-17(15-12-24(23-20-15)9-8-14-7-4-10-26-14)19-11-16-21-22-18(27-16)13-5-2-1-3-6-13/h1-3,5-6,12,14H,4,7-11H2,(H,19,25). The predicted octanol–water partition coefficient (Wildman–Crippen LogP) is 2.30. The first-order valence-corrected chi connectivity index (χ1v) is 9.77. The normalized spacial score (nSPS) is 16.5. The molecule has 1 N–H and O–H groups in total. The van der Waals surface area contributed by atoms with Gasteiger partial charge in [0.1, 0.15) is 10.0 Å². The quantitative estimate of drug-likeness (QED) is 0.672. The minimum absolute atomic E-state index is 0.269. The fourth-order valence-corrected chi connectivity index (χ4v) is 3.71. The van der Waals surface area contributed by atoms with E-state index in [1.807, 2.05) is 30.3 Å². The lowest BCUT2D eigenvalue weighted by Crippen LogP contribution is -2.23. The zero-order valence-electron chi connectivity index (χ0n) is 14.7. The Morgan fingerprint density at radius 3 is 2.96 bits per heavy atom. The summed E-state index contributed by atoms with van der Waals surface area (Å²) in [7, 11) is 0. The Bertz CT molecular complexity index is 888. The smallest absolute Gasteiger partial charge is 0.273 e. The highest BCUT2D eigenvalue weighted by atomic mass is 32.1. The Labute approximate surface area is 160 Å². The first kappa shape index (κ1) is 17.7. The molecular weight excluding hydrogens is 364 g/mol. The first-order valence-electron chi connectivity index (χ1n) is 8.95. The minimum atomic E-state index is -0.269. The molecule has 1 unspecified atom stereocenters. The van der Waals surface area contributed by atoms with Crippen LogP contribution < -0.4 is 5.32 Å². The number of aryl methyl sites for hydroxylation is 1. The summed E-state index contributed by atoms with van der Waals surface area (Å²) in [5.41, 5.74) is 1.32. The van der Waals surface area contributed by atoms with Crippen molar-refractivity contribution in [3.05, 3.63) is 47.2 Å². The summed E-state index contributed by atoms with van der Waals surface area (Å²) in [5, 5.41) is 20.7. The van der Waals surface area contributed by atoms with Gasteiger partial charge in [-0.1, -0.05) is 46.9 Å². The fraction of sp³-hybridized carbons (Fsp3) is 0.389. The van der Waals surface area contributed by atoms with Crippen LogP contribution in [-0.4, -0.2) is 43.8 Å². The highest BCUT2D eigenvalue weighted by molar-refractivity contribution is 7.14. The third-order valence-electron chi connectivity index (χ3n) is 4.36. The van der Waals surface area contributed by atoms with Gasteiger partial charge in [-0.05, 0) is 19.3 Å². The maximum atomic E-state index is 12.3. The van der Waals surface area contributed by atoms with Gasteiger partial charge in [-0.25, -0.2) is 0 Å². The molecule has 0 spiro atoms. The van der Waals surface area contributed by atoms with Gasteiger partial charge in [0.2, 0.25) is 0 Å². The van der Waals surface area contributed by atoms with Crippen molar-refractivity contribution in [1.82, 2.24) is 30.5 Å². The maximum absolute atomic E-state index is 12.3. The van der Waals surface area contributed by atoms with Crippen molar-refractivity contribution in [3.8, 4) is 10.6 Å². The third kappa shape index (κ3) is 4.55. The second-order valence-corrected chi connectivity index (χ2v) is 7.40. The zero-order chi connectivity index (χ0) is 18.5. The largest absolute Gasteiger partial charge is 0.378 e. The van der Waals surface area contributed by atoms with E-state index in [2.05, 4.69) is 25.8 Å². The number of hydrogen-bond donors (Lipinski definition) is 1.